The first-order chi connectivity index (χ1) is 44.4. The van der Waals surface area contributed by atoms with Crippen molar-refractivity contribution in [1.29, 1.82) is 0 Å². The summed E-state index contributed by atoms with van der Waals surface area (Å²) in [7, 11) is 0. The van der Waals surface area contributed by atoms with Crippen LogP contribution >= 0.6 is 0 Å². The number of hydrogen-bond acceptors (Lipinski definition) is 4. The summed E-state index contributed by atoms with van der Waals surface area (Å²) in [6, 6.07) is 106. The quantitative estimate of drug-likeness (QED) is 0.0949. The maximum Gasteiger partial charge on any atom is 0.0544 e. The molecule has 3 heterocycles. The van der Waals surface area contributed by atoms with E-state index in [9.17, 15) is 0 Å². The normalized spacial score (nSPS) is 14.4. The first kappa shape index (κ1) is 56.6. The molecule has 0 radical (unpaired) electrons. The van der Waals surface area contributed by atoms with Crippen molar-refractivity contribution in [3.8, 4) is 0 Å². The highest BCUT2D eigenvalue weighted by Gasteiger charge is 2.52. The third-order valence-corrected chi connectivity index (χ3v) is 19.1. The molecule has 0 N–H and O–H groups in total. The van der Waals surface area contributed by atoms with Crippen LogP contribution < -0.4 is 19.6 Å². The lowest BCUT2D eigenvalue weighted by molar-refractivity contribution is 0.566. The Balaban J connectivity index is 0.828. The highest BCUT2D eigenvalue weighted by atomic mass is 15.2. The smallest absolute Gasteiger partial charge is 0.0544 e. The Hall–Kier alpha value is -10.9. The first-order valence-electron chi connectivity index (χ1n) is 31.8. The van der Waals surface area contributed by atoms with Gasteiger partial charge in [0, 0.05) is 67.4 Å². The number of rotatable bonds is 15. The minimum atomic E-state index is -0.350. The zero-order valence-electron chi connectivity index (χ0n) is 52.5. The van der Waals surface area contributed by atoms with Crippen molar-refractivity contribution in [2.45, 2.75) is 57.8 Å². The van der Waals surface area contributed by atoms with Crippen LogP contribution in [0.15, 0.2) is 291 Å². The molecule has 0 spiro atoms. The molecule has 91 heavy (non-hydrogen) atoms. The molecule has 0 aliphatic carbocycles. The van der Waals surface area contributed by atoms with Gasteiger partial charge in [0.2, 0.25) is 0 Å². The third kappa shape index (κ3) is 10.2. The maximum absolute atomic E-state index is 2.69. The molecule has 4 nitrogen and oxygen atoms in total. The van der Waals surface area contributed by atoms with Gasteiger partial charge in [-0.15, -0.1) is 0 Å². The van der Waals surface area contributed by atoms with Gasteiger partial charge in [0.05, 0.1) is 17.1 Å². The van der Waals surface area contributed by atoms with Crippen molar-refractivity contribution < 1.29 is 0 Å². The Labute approximate surface area is 536 Å². The second-order valence-corrected chi connectivity index (χ2v) is 25.9. The second-order valence-electron chi connectivity index (χ2n) is 25.9. The number of para-hydroxylation sites is 6. The van der Waals surface area contributed by atoms with Crippen LogP contribution in [0.2, 0.25) is 0 Å². The monoisotopic (exact) mass is 1170 g/mol. The lowest BCUT2D eigenvalue weighted by Gasteiger charge is -2.55. The Bertz CT molecular complexity index is 4040. The molecule has 0 unspecified atom stereocenters. The lowest BCUT2D eigenvalue weighted by Crippen LogP contribution is -2.43. The van der Waals surface area contributed by atoms with Gasteiger partial charge in [-0.25, -0.2) is 0 Å². The predicted molar refractivity (Wildman–Crippen MR) is 388 cm³/mol. The average Bonchev–Trinajstić information content (AvgIpc) is 0.681. The molecular weight excluding hydrogens is 1100 g/mol. The summed E-state index contributed by atoms with van der Waals surface area (Å²) in [6.45, 7) is 14.7. The van der Waals surface area contributed by atoms with Crippen LogP contribution in [0.1, 0.15) is 108 Å². The van der Waals surface area contributed by atoms with Crippen molar-refractivity contribution in [3.63, 3.8) is 0 Å². The van der Waals surface area contributed by atoms with E-state index in [1.54, 1.807) is 0 Å². The van der Waals surface area contributed by atoms with Crippen molar-refractivity contribution in [2.24, 2.45) is 0 Å². The molecule has 0 atom stereocenters. The molecule has 440 valence electrons. The third-order valence-electron chi connectivity index (χ3n) is 19.1. The van der Waals surface area contributed by atoms with Crippen molar-refractivity contribution in [3.05, 3.63) is 358 Å². The summed E-state index contributed by atoms with van der Waals surface area (Å²) in [6.07, 6.45) is 13.8. The molecule has 15 rings (SSSR count). The molecule has 3 aliphatic heterocycles. The average molecular weight is 1170 g/mol. The van der Waals surface area contributed by atoms with E-state index in [2.05, 4.69) is 389 Å². The number of benzene rings is 12. The van der Waals surface area contributed by atoms with E-state index in [1.807, 2.05) is 0 Å². The van der Waals surface area contributed by atoms with Crippen molar-refractivity contribution in [2.75, 3.05) is 19.6 Å². The molecule has 0 bridgehead atoms. The summed E-state index contributed by atoms with van der Waals surface area (Å²) in [5.41, 5.74) is 28.0. The number of nitrogens with zero attached hydrogens (tertiary/aromatic N) is 4. The molecule has 3 aliphatic rings. The number of anilines is 12. The summed E-state index contributed by atoms with van der Waals surface area (Å²) < 4.78 is 0. The maximum atomic E-state index is 2.69. The van der Waals surface area contributed by atoms with E-state index < -0.39 is 0 Å². The van der Waals surface area contributed by atoms with Crippen LogP contribution in [0.5, 0.6) is 0 Å². The van der Waals surface area contributed by atoms with Gasteiger partial charge in [-0.2, -0.15) is 0 Å². The molecule has 0 saturated carbocycles. The van der Waals surface area contributed by atoms with E-state index in [1.165, 1.54) is 67.1 Å². The molecule has 12 aromatic carbocycles. The molecule has 12 aromatic rings. The zero-order chi connectivity index (χ0) is 61.8. The standard InChI is InChI=1S/C87H72N4/c1-85(2)76-55-64(40-37-61-43-49-73(50-44-61)88(67-25-13-7-14-26-67)68-27-15-8-16-28-68)57-78-82(76)91-83-77(85)56-65(41-38-62-45-51-74(52-46-62)89(69-29-17-9-18-30-69)70-31-19-10-20-32-70)58-79(83)87(5,6)81-60-66(59-80(84(81)91)86(78,3)4)42-39-63-47-53-75(54-48-63)90(71-33-21-11-22-34-71)72-35-23-12-24-36-72/h7-60H,1-6H3. The van der Waals surface area contributed by atoms with Gasteiger partial charge in [0.15, 0.2) is 0 Å². The summed E-state index contributed by atoms with van der Waals surface area (Å²) in [4.78, 5) is 9.64. The highest BCUT2D eigenvalue weighted by Crippen LogP contribution is 2.67. The van der Waals surface area contributed by atoms with Gasteiger partial charge >= 0.3 is 0 Å². The van der Waals surface area contributed by atoms with Crippen LogP contribution in [0.3, 0.4) is 0 Å². The topological polar surface area (TPSA) is 13.0 Å². The van der Waals surface area contributed by atoms with Crippen LogP contribution in [0.25, 0.3) is 36.5 Å². The minimum absolute atomic E-state index is 0.350. The van der Waals surface area contributed by atoms with Gasteiger partial charge in [-0.1, -0.05) is 224 Å². The van der Waals surface area contributed by atoms with Gasteiger partial charge in [0.1, 0.15) is 0 Å². The molecule has 4 heteroatoms. The lowest BCUT2D eigenvalue weighted by atomic mass is 9.60. The van der Waals surface area contributed by atoms with Crippen LogP contribution in [0.4, 0.5) is 68.2 Å². The fourth-order valence-electron chi connectivity index (χ4n) is 14.2. The fraction of sp³-hybridized carbons (Fsp3) is 0.103. The van der Waals surface area contributed by atoms with Gasteiger partial charge in [0.25, 0.3) is 0 Å². The molecule has 0 fully saturated rings. The van der Waals surface area contributed by atoms with E-state index >= 15 is 0 Å². The predicted octanol–water partition coefficient (Wildman–Crippen LogP) is 24.0. The van der Waals surface area contributed by atoms with Gasteiger partial charge < -0.3 is 19.6 Å². The number of hydrogen-bond donors (Lipinski definition) is 0. The Morgan fingerprint density at radius 1 is 0.209 bits per heavy atom. The first-order valence-corrected chi connectivity index (χ1v) is 31.8. The largest absolute Gasteiger partial charge is 0.311 e. The van der Waals surface area contributed by atoms with E-state index in [0.717, 1.165) is 67.9 Å². The zero-order valence-corrected chi connectivity index (χ0v) is 52.5. The second kappa shape index (κ2) is 22.9. The van der Waals surface area contributed by atoms with Crippen molar-refractivity contribution in [1.82, 2.24) is 0 Å². The summed E-state index contributed by atoms with van der Waals surface area (Å²) in [5.74, 6) is 0. The molecular formula is C87H72N4. The summed E-state index contributed by atoms with van der Waals surface area (Å²) in [5, 5.41) is 0. The van der Waals surface area contributed by atoms with Crippen molar-refractivity contribution >= 4 is 105 Å². The van der Waals surface area contributed by atoms with Gasteiger partial charge in [-0.3, -0.25) is 0 Å². The van der Waals surface area contributed by atoms with Gasteiger partial charge in [-0.05, 0) is 212 Å². The van der Waals surface area contributed by atoms with E-state index in [-0.39, 0.29) is 16.2 Å². The molecule has 0 saturated heterocycles. The Morgan fingerprint density at radius 2 is 0.374 bits per heavy atom. The van der Waals surface area contributed by atoms with Crippen LogP contribution in [-0.2, 0) is 16.2 Å². The van der Waals surface area contributed by atoms with Crippen LogP contribution in [-0.4, -0.2) is 0 Å². The Morgan fingerprint density at radius 3 is 0.560 bits per heavy atom. The Kier molecular flexibility index (Phi) is 14.2. The van der Waals surface area contributed by atoms with E-state index in [4.69, 9.17) is 0 Å². The summed E-state index contributed by atoms with van der Waals surface area (Å²) >= 11 is 0. The highest BCUT2D eigenvalue weighted by molar-refractivity contribution is 6.00. The minimum Gasteiger partial charge on any atom is -0.311 e. The van der Waals surface area contributed by atoms with E-state index in [0.29, 0.717) is 0 Å². The molecule has 0 amide bonds. The molecule has 0 aromatic heterocycles. The fourth-order valence-corrected chi connectivity index (χ4v) is 14.2. The van der Waals surface area contributed by atoms with Crippen LogP contribution in [0, 0.1) is 0 Å². The SMILES string of the molecule is CC1(C)c2cc(C=Cc3ccc(N(c4ccccc4)c4ccccc4)cc3)cc3c2N2c4c1cc(C=Cc1ccc(N(c5ccccc5)c5ccccc5)cc1)cc4C(C)(C)c1cc(C=Cc4ccc(N(c5ccccc5)c5ccccc5)cc4)cc(c12)C3(C)C.